The van der Waals surface area contributed by atoms with E-state index in [9.17, 15) is 18.5 Å². The number of carbonyl (C=O) groups is 1. The highest BCUT2D eigenvalue weighted by atomic mass is 35.5. The third kappa shape index (κ3) is 4.75. The van der Waals surface area contributed by atoms with Crippen molar-refractivity contribution in [1.29, 1.82) is 5.26 Å². The van der Waals surface area contributed by atoms with Gasteiger partial charge in [-0.05, 0) is 25.0 Å². The molecular formula is C16H23ClN4O3S2. The zero-order valence-corrected chi connectivity index (χ0v) is 17.4. The van der Waals surface area contributed by atoms with E-state index in [2.05, 4.69) is 11.4 Å². The van der Waals surface area contributed by atoms with Crippen molar-refractivity contribution < 1.29 is 13.2 Å². The number of nitriles is 1. The van der Waals surface area contributed by atoms with Gasteiger partial charge in [0.1, 0.15) is 9.75 Å². The summed E-state index contributed by atoms with van der Waals surface area (Å²) in [5, 5.41) is 12.1. The van der Waals surface area contributed by atoms with Crippen molar-refractivity contribution in [2.45, 2.75) is 30.5 Å². The number of thiophene rings is 1. The molecule has 10 heteroatoms. The molecule has 1 aromatic heterocycles. The lowest BCUT2D eigenvalue weighted by molar-refractivity contribution is -0.124. The summed E-state index contributed by atoms with van der Waals surface area (Å²) in [6.07, 6.45) is 0. The van der Waals surface area contributed by atoms with E-state index >= 15 is 0 Å². The van der Waals surface area contributed by atoms with Crippen molar-refractivity contribution in [3.05, 3.63) is 16.5 Å². The first-order valence-corrected chi connectivity index (χ1v) is 10.9. The average molecular weight is 419 g/mol. The molecule has 7 nitrogen and oxygen atoms in total. The Morgan fingerprint density at radius 2 is 2.00 bits per heavy atom. The van der Waals surface area contributed by atoms with Crippen LogP contribution in [0.5, 0.6) is 0 Å². The Labute approximate surface area is 163 Å². The van der Waals surface area contributed by atoms with Crippen LogP contribution in [-0.2, 0) is 14.8 Å². The van der Waals surface area contributed by atoms with E-state index in [1.807, 2.05) is 18.7 Å². The van der Waals surface area contributed by atoms with Gasteiger partial charge in [0.25, 0.3) is 10.0 Å². The number of amides is 1. The fraction of sp³-hybridized carbons (Fsp3) is 0.625. The number of sulfonamides is 1. The second kappa shape index (κ2) is 8.23. The van der Waals surface area contributed by atoms with Crippen molar-refractivity contribution in [3.8, 4) is 6.07 Å². The van der Waals surface area contributed by atoms with Crippen LogP contribution in [0.15, 0.2) is 16.3 Å². The molecule has 0 unspecified atom stereocenters. The summed E-state index contributed by atoms with van der Waals surface area (Å²) < 4.78 is 27.2. The molecule has 0 radical (unpaired) electrons. The van der Waals surface area contributed by atoms with Crippen LogP contribution in [0.3, 0.4) is 0 Å². The predicted octanol–water partition coefficient (Wildman–Crippen LogP) is 1.76. The molecule has 0 bridgehead atoms. The highest BCUT2D eigenvalue weighted by molar-refractivity contribution is 7.91. The zero-order valence-electron chi connectivity index (χ0n) is 15.0. The number of piperazine rings is 1. The van der Waals surface area contributed by atoms with Crippen LogP contribution in [0, 0.1) is 17.2 Å². The summed E-state index contributed by atoms with van der Waals surface area (Å²) in [6.45, 7) is 7.13. The molecular weight excluding hydrogens is 396 g/mol. The Bertz CT molecular complexity index is 795. The fourth-order valence-electron chi connectivity index (χ4n) is 2.53. The number of hydrogen-bond acceptors (Lipinski definition) is 6. The average Bonchev–Trinajstić information content (AvgIpc) is 3.02. The maximum Gasteiger partial charge on any atom is 0.252 e. The zero-order chi connectivity index (χ0) is 19.5. The number of carbonyl (C=O) groups excluding carboxylic acids is 1. The lowest BCUT2D eigenvalue weighted by Crippen LogP contribution is -2.55. The van der Waals surface area contributed by atoms with Crippen LogP contribution in [-0.4, -0.2) is 61.8 Å². The van der Waals surface area contributed by atoms with E-state index in [0.29, 0.717) is 30.5 Å². The van der Waals surface area contributed by atoms with E-state index in [4.69, 9.17) is 11.6 Å². The maximum atomic E-state index is 12.6. The Balaban J connectivity index is 1.91. The molecule has 2 rings (SSSR count). The normalized spacial score (nSPS) is 19.1. The lowest BCUT2D eigenvalue weighted by Gasteiger charge is -2.34. The minimum absolute atomic E-state index is 0.0175. The van der Waals surface area contributed by atoms with Gasteiger partial charge in [0.15, 0.2) is 0 Å². The topological polar surface area (TPSA) is 93.5 Å². The number of nitrogens with zero attached hydrogens (tertiary/aromatic N) is 3. The van der Waals surface area contributed by atoms with Gasteiger partial charge >= 0.3 is 0 Å². The Morgan fingerprint density at radius 1 is 1.38 bits per heavy atom. The van der Waals surface area contributed by atoms with Crippen LogP contribution >= 0.6 is 22.9 Å². The molecule has 0 saturated carbocycles. The monoisotopic (exact) mass is 418 g/mol. The van der Waals surface area contributed by atoms with Gasteiger partial charge in [-0.2, -0.15) is 9.57 Å². The highest BCUT2D eigenvalue weighted by Crippen LogP contribution is 2.28. The summed E-state index contributed by atoms with van der Waals surface area (Å²) >= 11 is 6.87. The third-order valence-electron chi connectivity index (χ3n) is 4.63. The maximum absolute atomic E-state index is 12.6. The number of rotatable bonds is 6. The van der Waals surface area contributed by atoms with Crippen LogP contribution in [0.2, 0.25) is 4.34 Å². The number of hydrogen-bond donors (Lipinski definition) is 1. The van der Waals surface area contributed by atoms with E-state index < -0.39 is 15.6 Å². The van der Waals surface area contributed by atoms with Gasteiger partial charge in [0, 0.05) is 26.2 Å². The molecule has 1 amide bonds. The molecule has 26 heavy (non-hydrogen) atoms. The Kier molecular flexibility index (Phi) is 6.69. The third-order valence-corrected chi connectivity index (χ3v) is 8.22. The molecule has 1 atom stereocenters. The molecule has 1 aromatic rings. The SMILES string of the molecule is CC(C)[C@](C)(C#N)NC(=O)CN1CCN(S(=O)(=O)c2ccc(Cl)s2)CC1. The van der Waals surface area contributed by atoms with E-state index in [1.165, 1.54) is 10.4 Å². The summed E-state index contributed by atoms with van der Waals surface area (Å²) in [5.41, 5.74) is -0.916. The van der Waals surface area contributed by atoms with E-state index in [1.54, 1.807) is 13.0 Å². The minimum Gasteiger partial charge on any atom is -0.337 e. The highest BCUT2D eigenvalue weighted by Gasteiger charge is 2.33. The van der Waals surface area contributed by atoms with Crippen molar-refractivity contribution >= 4 is 38.9 Å². The molecule has 1 aliphatic rings. The van der Waals surface area contributed by atoms with Crippen molar-refractivity contribution in [2.75, 3.05) is 32.7 Å². The molecule has 1 fully saturated rings. The van der Waals surface area contributed by atoms with Gasteiger partial charge in [-0.25, -0.2) is 8.42 Å². The summed E-state index contributed by atoms with van der Waals surface area (Å²) in [4.78, 5) is 14.1. The van der Waals surface area contributed by atoms with Crippen LogP contribution in [0.4, 0.5) is 0 Å². The lowest BCUT2D eigenvalue weighted by atomic mass is 9.90. The number of nitrogens with one attached hydrogen (secondary N) is 1. The first kappa shape index (κ1) is 21.1. The van der Waals surface area contributed by atoms with Gasteiger partial charge in [-0.3, -0.25) is 9.69 Å². The molecule has 1 aliphatic heterocycles. The quantitative estimate of drug-likeness (QED) is 0.759. The first-order chi connectivity index (χ1) is 12.1. The first-order valence-electron chi connectivity index (χ1n) is 8.28. The molecule has 0 aromatic carbocycles. The molecule has 1 N–H and O–H groups in total. The molecule has 1 saturated heterocycles. The van der Waals surface area contributed by atoms with Crippen molar-refractivity contribution in [1.82, 2.24) is 14.5 Å². The Hall–Kier alpha value is -1.18. The van der Waals surface area contributed by atoms with Gasteiger partial charge in [-0.15, -0.1) is 11.3 Å². The van der Waals surface area contributed by atoms with Crippen LogP contribution in [0.25, 0.3) is 0 Å². The molecule has 0 aliphatic carbocycles. The second-order valence-electron chi connectivity index (χ2n) is 6.76. The van der Waals surface area contributed by atoms with Gasteiger partial charge in [0.05, 0.1) is 17.0 Å². The fourth-order valence-corrected chi connectivity index (χ4v) is 5.58. The van der Waals surface area contributed by atoms with Gasteiger partial charge in [-0.1, -0.05) is 25.4 Å². The standard InChI is InChI=1S/C16H23ClN4O3S2/c1-12(2)16(3,11-18)19-14(22)10-20-6-8-21(9-7-20)26(23,24)15-5-4-13(17)25-15/h4-5,12H,6-10H2,1-3H3,(H,19,22)/t16-/m0/s1. The molecule has 2 heterocycles. The molecule has 0 spiro atoms. The van der Waals surface area contributed by atoms with Gasteiger partial charge < -0.3 is 5.32 Å². The minimum atomic E-state index is -3.54. The predicted molar refractivity (Wildman–Crippen MR) is 102 cm³/mol. The van der Waals surface area contributed by atoms with Crippen molar-refractivity contribution in [3.63, 3.8) is 0 Å². The van der Waals surface area contributed by atoms with E-state index in [-0.39, 0.29) is 22.6 Å². The van der Waals surface area contributed by atoms with Crippen LogP contribution < -0.4 is 5.32 Å². The van der Waals surface area contributed by atoms with Crippen molar-refractivity contribution in [2.24, 2.45) is 5.92 Å². The Morgan fingerprint density at radius 3 is 2.46 bits per heavy atom. The van der Waals surface area contributed by atoms with E-state index in [0.717, 1.165) is 11.3 Å². The van der Waals surface area contributed by atoms with Gasteiger partial charge in [0.2, 0.25) is 5.91 Å². The number of halogens is 1. The largest absolute Gasteiger partial charge is 0.337 e. The summed E-state index contributed by atoms with van der Waals surface area (Å²) in [5.74, 6) is -0.250. The molecule has 144 valence electrons. The van der Waals surface area contributed by atoms with Crippen LogP contribution in [0.1, 0.15) is 20.8 Å². The smallest absolute Gasteiger partial charge is 0.252 e. The second-order valence-corrected chi connectivity index (χ2v) is 10.6. The summed E-state index contributed by atoms with van der Waals surface area (Å²) in [7, 11) is -3.54. The summed E-state index contributed by atoms with van der Waals surface area (Å²) in [6, 6.07) is 5.23.